The van der Waals surface area contributed by atoms with Crippen LogP contribution in [0.2, 0.25) is 0 Å². The lowest BCUT2D eigenvalue weighted by Crippen LogP contribution is -1.77. The molecule has 7 heavy (non-hydrogen) atoms. The van der Waals surface area contributed by atoms with E-state index in [2.05, 4.69) is 4.99 Å². The molecule has 1 fully saturated rings. The highest BCUT2D eigenvalue weighted by atomic mass is 19.1. The first kappa shape index (κ1) is 4.47. The molecule has 1 rings (SSSR count). The average Bonchev–Trinajstić information content (AvgIpc) is 2.22. The molecular formula is C4H4FNO. The van der Waals surface area contributed by atoms with Crippen LogP contribution in [0.15, 0.2) is 4.99 Å². The molecule has 38 valence electrons. The third kappa shape index (κ3) is 0.842. The van der Waals surface area contributed by atoms with Crippen molar-refractivity contribution in [2.24, 2.45) is 4.99 Å². The first-order valence-electron chi connectivity index (χ1n) is 2.05. The molecule has 0 amide bonds. The zero-order valence-electron chi connectivity index (χ0n) is 3.60. The molecule has 0 aromatic rings. The van der Waals surface area contributed by atoms with Crippen molar-refractivity contribution in [3.8, 4) is 0 Å². The molecule has 1 aliphatic rings. The van der Waals surface area contributed by atoms with Gasteiger partial charge in [-0.2, -0.15) is 4.99 Å². The van der Waals surface area contributed by atoms with Gasteiger partial charge >= 0.3 is 0 Å². The lowest BCUT2D eigenvalue weighted by atomic mass is 10.7. The van der Waals surface area contributed by atoms with Gasteiger partial charge < -0.3 is 0 Å². The third-order valence-corrected chi connectivity index (χ3v) is 0.900. The molecule has 0 N–H and O–H groups in total. The third-order valence-electron chi connectivity index (χ3n) is 0.900. The molecule has 2 nitrogen and oxygen atoms in total. The molecule has 3 heteroatoms. The Balaban J connectivity index is 2.34. The number of isocyanates is 1. The van der Waals surface area contributed by atoms with E-state index < -0.39 is 6.17 Å². The van der Waals surface area contributed by atoms with E-state index in [1.165, 1.54) is 6.08 Å². The van der Waals surface area contributed by atoms with E-state index in [-0.39, 0.29) is 6.04 Å². The van der Waals surface area contributed by atoms with Gasteiger partial charge in [-0.3, -0.25) is 0 Å². The monoisotopic (exact) mass is 101 g/mol. The predicted molar refractivity (Wildman–Crippen MR) is 21.4 cm³/mol. The Morgan fingerprint density at radius 3 is 2.57 bits per heavy atom. The number of aliphatic imine (C=N–C) groups is 1. The molecule has 0 aromatic heterocycles. The molecule has 0 bridgehead atoms. The largest absolute Gasteiger partial charge is 0.245 e. The Hall–Kier alpha value is -0.690. The zero-order chi connectivity index (χ0) is 5.28. The molecule has 2 atom stereocenters. The normalized spacial score (nSPS) is 36.7. The lowest BCUT2D eigenvalue weighted by Gasteiger charge is -1.68. The van der Waals surface area contributed by atoms with E-state index >= 15 is 0 Å². The van der Waals surface area contributed by atoms with Crippen molar-refractivity contribution in [1.82, 2.24) is 0 Å². The second-order valence-corrected chi connectivity index (χ2v) is 1.54. The van der Waals surface area contributed by atoms with Crippen molar-refractivity contribution in [3.63, 3.8) is 0 Å². The van der Waals surface area contributed by atoms with Gasteiger partial charge in [-0.05, 0) is 0 Å². The quantitative estimate of drug-likeness (QED) is 0.348. The van der Waals surface area contributed by atoms with Crippen molar-refractivity contribution < 1.29 is 9.18 Å². The molecule has 0 heterocycles. The first-order chi connectivity index (χ1) is 3.34. The van der Waals surface area contributed by atoms with Gasteiger partial charge in [0.15, 0.2) is 0 Å². The lowest BCUT2D eigenvalue weighted by molar-refractivity contribution is 0.467. The highest BCUT2D eigenvalue weighted by molar-refractivity contribution is 5.35. The topological polar surface area (TPSA) is 29.4 Å². The van der Waals surface area contributed by atoms with Crippen molar-refractivity contribution in [3.05, 3.63) is 0 Å². The van der Waals surface area contributed by atoms with Crippen LogP contribution in [0.4, 0.5) is 4.39 Å². The molecule has 0 spiro atoms. The molecule has 0 aromatic carbocycles. The van der Waals surface area contributed by atoms with Crippen LogP contribution in [0.25, 0.3) is 0 Å². The van der Waals surface area contributed by atoms with Crippen LogP contribution in [0.5, 0.6) is 0 Å². The zero-order valence-corrected chi connectivity index (χ0v) is 3.60. The number of rotatable bonds is 1. The van der Waals surface area contributed by atoms with Gasteiger partial charge in [0.05, 0.1) is 6.04 Å². The maximum Gasteiger partial charge on any atom is 0.235 e. The molecular weight excluding hydrogens is 97.0 g/mol. The Morgan fingerprint density at radius 1 is 1.86 bits per heavy atom. The van der Waals surface area contributed by atoms with Crippen LogP contribution >= 0.6 is 0 Å². The highest BCUT2D eigenvalue weighted by Gasteiger charge is 2.37. The Morgan fingerprint density at radius 2 is 2.43 bits per heavy atom. The van der Waals surface area contributed by atoms with E-state index in [0.29, 0.717) is 6.42 Å². The van der Waals surface area contributed by atoms with Gasteiger partial charge in [-0.1, -0.05) is 0 Å². The minimum absolute atomic E-state index is 0.350. The van der Waals surface area contributed by atoms with Crippen molar-refractivity contribution in [2.75, 3.05) is 0 Å². The van der Waals surface area contributed by atoms with Gasteiger partial charge in [-0.15, -0.1) is 0 Å². The maximum atomic E-state index is 11.7. The van der Waals surface area contributed by atoms with Crippen LogP contribution in [-0.2, 0) is 4.79 Å². The minimum Gasteiger partial charge on any atom is -0.245 e. The summed E-state index contributed by atoms with van der Waals surface area (Å²) in [4.78, 5) is 12.5. The number of hydrogen-bond acceptors (Lipinski definition) is 2. The van der Waals surface area contributed by atoms with E-state index in [9.17, 15) is 9.18 Å². The summed E-state index contributed by atoms with van der Waals surface area (Å²) in [5.74, 6) is 0. The number of nitrogens with zero attached hydrogens (tertiary/aromatic N) is 1. The van der Waals surface area contributed by atoms with Gasteiger partial charge in [-0.25, -0.2) is 9.18 Å². The number of carbonyl (C=O) groups excluding carboxylic acids is 1. The van der Waals surface area contributed by atoms with Crippen LogP contribution in [-0.4, -0.2) is 18.3 Å². The SMILES string of the molecule is O=C=N[C@@H]1C[C@H]1F. The van der Waals surface area contributed by atoms with Gasteiger partial charge in [0.25, 0.3) is 0 Å². The summed E-state index contributed by atoms with van der Waals surface area (Å²) in [6, 6.07) is -0.350. The van der Waals surface area contributed by atoms with E-state index in [0.717, 1.165) is 0 Å². The predicted octanol–water partition coefficient (Wildman–Crippen LogP) is 0.433. The van der Waals surface area contributed by atoms with Crippen LogP contribution in [0.1, 0.15) is 6.42 Å². The summed E-state index contributed by atoms with van der Waals surface area (Å²) in [6.07, 6.45) is 0.847. The Labute approximate surface area is 40.1 Å². The summed E-state index contributed by atoms with van der Waals surface area (Å²) < 4.78 is 11.7. The van der Waals surface area contributed by atoms with Crippen LogP contribution in [0.3, 0.4) is 0 Å². The number of alkyl halides is 1. The maximum absolute atomic E-state index is 11.7. The summed E-state index contributed by atoms with van der Waals surface area (Å²) in [6.45, 7) is 0. The van der Waals surface area contributed by atoms with E-state index in [4.69, 9.17) is 0 Å². The van der Waals surface area contributed by atoms with Crippen LogP contribution < -0.4 is 0 Å². The standard InChI is InChI=1S/C4H4FNO/c5-3-1-4(3)6-2-7/h3-4H,1H2/t3-,4-/m1/s1. The fourth-order valence-electron chi connectivity index (χ4n) is 0.353. The number of hydrogen-bond donors (Lipinski definition) is 0. The summed E-state index contributed by atoms with van der Waals surface area (Å²) in [5, 5.41) is 0. The fraction of sp³-hybridized carbons (Fsp3) is 0.750. The smallest absolute Gasteiger partial charge is 0.235 e. The van der Waals surface area contributed by atoms with Crippen molar-refractivity contribution in [2.45, 2.75) is 18.6 Å². The minimum atomic E-state index is -0.860. The molecule has 1 saturated carbocycles. The molecule has 0 aliphatic heterocycles. The number of halogens is 1. The fourth-order valence-corrected chi connectivity index (χ4v) is 0.353. The second kappa shape index (κ2) is 1.43. The van der Waals surface area contributed by atoms with Gasteiger partial charge in [0, 0.05) is 6.42 Å². The Kier molecular flexibility index (Phi) is 0.912. The van der Waals surface area contributed by atoms with E-state index in [1.807, 2.05) is 0 Å². The van der Waals surface area contributed by atoms with Gasteiger partial charge in [0.2, 0.25) is 6.08 Å². The van der Waals surface area contributed by atoms with Crippen molar-refractivity contribution >= 4 is 6.08 Å². The summed E-state index contributed by atoms with van der Waals surface area (Å²) >= 11 is 0. The molecule has 0 unspecified atom stereocenters. The first-order valence-corrected chi connectivity index (χ1v) is 2.05. The molecule has 1 aliphatic carbocycles. The summed E-state index contributed by atoms with van der Waals surface area (Å²) in [5.41, 5.74) is 0. The van der Waals surface area contributed by atoms with Crippen LogP contribution in [0, 0.1) is 0 Å². The Bertz CT molecular complexity index is 119. The summed E-state index contributed by atoms with van der Waals surface area (Å²) in [7, 11) is 0. The highest BCUT2D eigenvalue weighted by Crippen LogP contribution is 2.27. The molecule has 0 radical (unpaired) electrons. The average molecular weight is 101 g/mol. The second-order valence-electron chi connectivity index (χ2n) is 1.54. The van der Waals surface area contributed by atoms with E-state index in [1.54, 1.807) is 0 Å². The van der Waals surface area contributed by atoms with Gasteiger partial charge in [0.1, 0.15) is 6.17 Å². The van der Waals surface area contributed by atoms with Crippen molar-refractivity contribution in [1.29, 1.82) is 0 Å². The molecule has 0 saturated heterocycles.